The van der Waals surface area contributed by atoms with Crippen molar-refractivity contribution in [2.24, 2.45) is 14.1 Å². The van der Waals surface area contributed by atoms with Crippen LogP contribution in [0.15, 0.2) is 45.1 Å². The largest absolute Gasteiger partial charge is 0.344 e. The lowest BCUT2D eigenvalue weighted by Gasteiger charge is -2.34. The molecule has 134 valence electrons. The third-order valence-corrected chi connectivity index (χ3v) is 5.46. The Bertz CT molecular complexity index is 1080. The quantitative estimate of drug-likeness (QED) is 0.834. The molecule has 0 radical (unpaired) electrons. The zero-order chi connectivity index (χ0) is 18.6. The maximum absolute atomic E-state index is 13.0. The topological polar surface area (TPSA) is 73.1 Å². The SMILES string of the molecule is Cn1c2c(c(=O)n(C)c1=O)[C@H](c1ccc(Cl)cc1)C1=C(CCCC1=O)N2. The molecule has 2 heterocycles. The van der Waals surface area contributed by atoms with E-state index in [2.05, 4.69) is 5.32 Å². The van der Waals surface area contributed by atoms with E-state index in [-0.39, 0.29) is 11.3 Å². The smallest absolute Gasteiger partial charge is 0.332 e. The summed E-state index contributed by atoms with van der Waals surface area (Å²) in [7, 11) is 3.08. The Morgan fingerprint density at radius 2 is 1.73 bits per heavy atom. The highest BCUT2D eigenvalue weighted by molar-refractivity contribution is 6.30. The number of hydrogen-bond acceptors (Lipinski definition) is 4. The molecule has 0 saturated heterocycles. The standard InChI is InChI=1S/C19H18ClN3O3/c1-22-17-16(18(25)23(2)19(22)26)14(10-6-8-11(20)9-7-10)15-12(21-17)4-3-5-13(15)24/h6-9,14,21H,3-5H2,1-2H3/t14-/m1/s1. The molecule has 2 aromatic rings. The minimum absolute atomic E-state index is 0.0419. The number of fused-ring (bicyclic) bond motifs is 1. The fourth-order valence-electron chi connectivity index (χ4n) is 3.89. The number of rotatable bonds is 1. The molecule has 1 aliphatic carbocycles. The monoisotopic (exact) mass is 371 g/mol. The van der Waals surface area contributed by atoms with Crippen molar-refractivity contribution < 1.29 is 4.79 Å². The molecule has 1 N–H and O–H groups in total. The van der Waals surface area contributed by atoms with Crippen LogP contribution in [0.5, 0.6) is 0 Å². The van der Waals surface area contributed by atoms with E-state index in [0.29, 0.717) is 34.8 Å². The van der Waals surface area contributed by atoms with Crippen LogP contribution in [0.1, 0.15) is 36.3 Å². The van der Waals surface area contributed by atoms with E-state index in [4.69, 9.17) is 11.6 Å². The third kappa shape index (κ3) is 2.36. The summed E-state index contributed by atoms with van der Waals surface area (Å²) >= 11 is 6.02. The molecule has 2 aliphatic rings. The number of hydrogen-bond donors (Lipinski definition) is 1. The predicted octanol–water partition coefficient (Wildman–Crippen LogP) is 2.30. The van der Waals surface area contributed by atoms with Gasteiger partial charge in [-0.05, 0) is 30.5 Å². The average molecular weight is 372 g/mol. The van der Waals surface area contributed by atoms with Crippen LogP contribution in [0.3, 0.4) is 0 Å². The highest BCUT2D eigenvalue weighted by atomic mass is 35.5. The van der Waals surface area contributed by atoms with Crippen LogP contribution in [-0.2, 0) is 18.9 Å². The average Bonchev–Trinajstić information content (AvgIpc) is 2.64. The number of nitrogens with zero attached hydrogens (tertiary/aromatic N) is 2. The fourth-order valence-corrected chi connectivity index (χ4v) is 4.01. The van der Waals surface area contributed by atoms with Crippen molar-refractivity contribution in [3.63, 3.8) is 0 Å². The number of nitrogens with one attached hydrogen (secondary N) is 1. The summed E-state index contributed by atoms with van der Waals surface area (Å²) in [5.74, 6) is 0.00331. The van der Waals surface area contributed by atoms with Gasteiger partial charge in [0, 0.05) is 42.7 Å². The second-order valence-corrected chi connectivity index (χ2v) is 7.18. The lowest BCUT2D eigenvalue weighted by Crippen LogP contribution is -2.44. The number of aromatic nitrogens is 2. The first kappa shape index (κ1) is 16.8. The predicted molar refractivity (Wildman–Crippen MR) is 99.7 cm³/mol. The van der Waals surface area contributed by atoms with Crippen molar-refractivity contribution in [2.75, 3.05) is 5.32 Å². The Morgan fingerprint density at radius 3 is 2.42 bits per heavy atom. The van der Waals surface area contributed by atoms with E-state index in [9.17, 15) is 14.4 Å². The van der Waals surface area contributed by atoms with E-state index in [1.54, 1.807) is 19.2 Å². The van der Waals surface area contributed by atoms with Crippen molar-refractivity contribution in [1.29, 1.82) is 0 Å². The first-order valence-electron chi connectivity index (χ1n) is 8.48. The summed E-state index contributed by atoms with van der Waals surface area (Å²) in [6, 6.07) is 7.16. The van der Waals surface area contributed by atoms with Gasteiger partial charge < -0.3 is 5.32 Å². The van der Waals surface area contributed by atoms with Crippen molar-refractivity contribution in [1.82, 2.24) is 9.13 Å². The van der Waals surface area contributed by atoms with Crippen molar-refractivity contribution >= 4 is 23.2 Å². The number of allylic oxidation sites excluding steroid dienone is 2. The van der Waals surface area contributed by atoms with Crippen LogP contribution in [0.4, 0.5) is 5.82 Å². The first-order valence-corrected chi connectivity index (χ1v) is 8.86. The van der Waals surface area contributed by atoms with Crippen molar-refractivity contribution in [3.8, 4) is 0 Å². The van der Waals surface area contributed by atoms with Crippen LogP contribution in [-0.4, -0.2) is 14.9 Å². The summed E-state index contributed by atoms with van der Waals surface area (Å²) in [5, 5.41) is 3.78. The van der Waals surface area contributed by atoms with Gasteiger partial charge in [0.25, 0.3) is 5.56 Å². The van der Waals surface area contributed by atoms with Crippen LogP contribution >= 0.6 is 11.6 Å². The minimum Gasteiger partial charge on any atom is -0.344 e. The molecular formula is C19H18ClN3O3. The van der Waals surface area contributed by atoms with Gasteiger partial charge in [0.15, 0.2) is 5.78 Å². The van der Waals surface area contributed by atoms with Crippen LogP contribution in [0.2, 0.25) is 5.02 Å². The van der Waals surface area contributed by atoms with E-state index < -0.39 is 11.6 Å². The normalized spacial score (nSPS) is 19.0. The molecule has 1 aromatic heterocycles. The molecule has 0 saturated carbocycles. The molecule has 0 unspecified atom stereocenters. The first-order chi connectivity index (χ1) is 12.4. The lowest BCUT2D eigenvalue weighted by molar-refractivity contribution is -0.116. The number of anilines is 1. The van der Waals surface area contributed by atoms with Gasteiger partial charge in [-0.2, -0.15) is 0 Å². The summed E-state index contributed by atoms with van der Waals surface area (Å²) in [4.78, 5) is 38.1. The number of Topliss-reactive ketones (excluding diaryl/α,β-unsaturated/α-hetero) is 1. The highest BCUT2D eigenvalue weighted by Crippen LogP contribution is 2.43. The Balaban J connectivity index is 2.08. The van der Waals surface area contributed by atoms with Gasteiger partial charge in [-0.25, -0.2) is 4.79 Å². The summed E-state index contributed by atoms with van der Waals surface area (Å²) in [6.07, 6.45) is 1.94. The molecular weight excluding hydrogens is 354 g/mol. The lowest BCUT2D eigenvalue weighted by atomic mass is 9.76. The molecule has 0 fully saturated rings. The summed E-state index contributed by atoms with van der Waals surface area (Å²) in [6.45, 7) is 0. The zero-order valence-corrected chi connectivity index (χ0v) is 15.3. The van der Waals surface area contributed by atoms with Crippen LogP contribution in [0, 0.1) is 0 Å². The highest BCUT2D eigenvalue weighted by Gasteiger charge is 2.38. The van der Waals surface area contributed by atoms with E-state index >= 15 is 0 Å². The molecule has 1 aromatic carbocycles. The zero-order valence-electron chi connectivity index (χ0n) is 14.5. The molecule has 0 bridgehead atoms. The van der Waals surface area contributed by atoms with Gasteiger partial charge in [0.2, 0.25) is 0 Å². The maximum Gasteiger partial charge on any atom is 0.332 e. The Kier molecular flexibility index (Phi) is 3.88. The number of halogens is 1. The Morgan fingerprint density at radius 1 is 1.04 bits per heavy atom. The number of benzene rings is 1. The van der Waals surface area contributed by atoms with Gasteiger partial charge in [-0.3, -0.25) is 18.7 Å². The van der Waals surface area contributed by atoms with Gasteiger partial charge in [0.05, 0.1) is 5.56 Å². The molecule has 0 spiro atoms. The summed E-state index contributed by atoms with van der Waals surface area (Å²) < 4.78 is 2.52. The summed E-state index contributed by atoms with van der Waals surface area (Å²) in [5.41, 5.74) is 1.88. The van der Waals surface area contributed by atoms with E-state index in [1.165, 1.54) is 11.6 Å². The van der Waals surface area contributed by atoms with Crippen molar-refractivity contribution in [3.05, 3.63) is 72.5 Å². The number of ketones is 1. The Labute approximate surface area is 154 Å². The molecule has 4 rings (SSSR count). The molecule has 0 amide bonds. The van der Waals surface area contributed by atoms with Gasteiger partial charge >= 0.3 is 5.69 Å². The molecule has 1 aliphatic heterocycles. The maximum atomic E-state index is 13.0. The van der Waals surface area contributed by atoms with Crippen LogP contribution < -0.4 is 16.6 Å². The number of carbonyl (C=O) groups excluding carboxylic acids is 1. The van der Waals surface area contributed by atoms with Crippen molar-refractivity contribution in [2.45, 2.75) is 25.2 Å². The molecule has 7 heteroatoms. The minimum atomic E-state index is -0.503. The molecule has 26 heavy (non-hydrogen) atoms. The van der Waals surface area contributed by atoms with Gasteiger partial charge in [-0.15, -0.1) is 0 Å². The van der Waals surface area contributed by atoms with Gasteiger partial charge in [0.1, 0.15) is 5.82 Å². The van der Waals surface area contributed by atoms with E-state index in [1.807, 2.05) is 12.1 Å². The molecule has 6 nitrogen and oxygen atoms in total. The van der Waals surface area contributed by atoms with E-state index in [0.717, 1.165) is 22.2 Å². The van der Waals surface area contributed by atoms with Gasteiger partial charge in [-0.1, -0.05) is 23.7 Å². The second-order valence-electron chi connectivity index (χ2n) is 6.75. The fraction of sp³-hybridized carbons (Fsp3) is 0.316. The number of carbonyl (C=O) groups is 1. The van der Waals surface area contributed by atoms with Crippen LogP contribution in [0.25, 0.3) is 0 Å². The molecule has 1 atom stereocenters. The third-order valence-electron chi connectivity index (χ3n) is 5.21. The Hall–Kier alpha value is -2.60. The second kappa shape index (κ2) is 5.99.